The van der Waals surface area contributed by atoms with Gasteiger partial charge in [-0.3, -0.25) is 0 Å². The highest BCUT2D eigenvalue weighted by Crippen LogP contribution is 2.19. The van der Waals surface area contributed by atoms with Gasteiger partial charge in [0.05, 0.1) is 18.2 Å². The summed E-state index contributed by atoms with van der Waals surface area (Å²) in [6.07, 6.45) is 3.40. The summed E-state index contributed by atoms with van der Waals surface area (Å²) in [5.41, 5.74) is 6.98. The van der Waals surface area contributed by atoms with E-state index in [2.05, 4.69) is 4.98 Å². The summed E-state index contributed by atoms with van der Waals surface area (Å²) in [4.78, 5) is 4.19. The number of hydrogen-bond acceptors (Lipinski definition) is 3. The molecule has 2 rings (SSSR count). The summed E-state index contributed by atoms with van der Waals surface area (Å²) >= 11 is 0. The second-order valence-corrected chi connectivity index (χ2v) is 3.28. The van der Waals surface area contributed by atoms with Crippen molar-refractivity contribution in [1.82, 2.24) is 9.55 Å². The number of imidazole rings is 1. The number of aryl methyl sites for hydroxylation is 1. The first-order chi connectivity index (χ1) is 6.70. The lowest BCUT2D eigenvalue weighted by atomic mass is 10.2. The van der Waals surface area contributed by atoms with Crippen molar-refractivity contribution in [1.29, 1.82) is 0 Å². The maximum absolute atomic E-state index is 6.02. The predicted molar refractivity (Wildman–Crippen MR) is 52.7 cm³/mol. The molecule has 4 nitrogen and oxygen atoms in total. The fourth-order valence-corrected chi connectivity index (χ4v) is 1.42. The highest BCUT2D eigenvalue weighted by Gasteiger charge is 2.15. The molecule has 74 valence electrons. The molecule has 0 aromatic carbocycles. The maximum Gasteiger partial charge on any atom is 0.126 e. The molecule has 2 aromatic rings. The zero-order valence-corrected chi connectivity index (χ0v) is 8.27. The molecule has 2 aromatic heterocycles. The molecule has 0 saturated heterocycles. The average Bonchev–Trinajstić information content (AvgIpc) is 2.77. The van der Waals surface area contributed by atoms with Crippen LogP contribution in [0.5, 0.6) is 0 Å². The molecule has 1 atom stereocenters. The fraction of sp³-hybridized carbons (Fsp3) is 0.300. The normalized spacial score (nSPS) is 13.1. The molecule has 0 radical (unpaired) electrons. The van der Waals surface area contributed by atoms with Crippen molar-refractivity contribution >= 4 is 0 Å². The molecule has 0 spiro atoms. The van der Waals surface area contributed by atoms with Crippen LogP contribution in [-0.4, -0.2) is 9.55 Å². The topological polar surface area (TPSA) is 57.0 Å². The van der Waals surface area contributed by atoms with Gasteiger partial charge in [-0.25, -0.2) is 4.98 Å². The molecule has 1 unspecified atom stereocenters. The lowest BCUT2D eigenvalue weighted by Crippen LogP contribution is -2.15. The predicted octanol–water partition coefficient (Wildman–Crippen LogP) is 1.37. The first-order valence-electron chi connectivity index (χ1n) is 4.47. The van der Waals surface area contributed by atoms with Crippen molar-refractivity contribution in [3.05, 3.63) is 41.9 Å². The van der Waals surface area contributed by atoms with Crippen LogP contribution in [0.15, 0.2) is 29.0 Å². The van der Waals surface area contributed by atoms with Crippen molar-refractivity contribution in [3.8, 4) is 0 Å². The minimum absolute atomic E-state index is 0.240. The molecule has 14 heavy (non-hydrogen) atoms. The highest BCUT2D eigenvalue weighted by molar-refractivity contribution is 5.19. The molecule has 2 heterocycles. The average molecular weight is 191 g/mol. The van der Waals surface area contributed by atoms with Crippen LogP contribution in [0.4, 0.5) is 0 Å². The van der Waals surface area contributed by atoms with Crippen molar-refractivity contribution < 1.29 is 4.42 Å². The molecule has 0 fully saturated rings. The maximum atomic E-state index is 6.02. The van der Waals surface area contributed by atoms with E-state index in [0.717, 1.165) is 17.3 Å². The second-order valence-electron chi connectivity index (χ2n) is 3.28. The van der Waals surface area contributed by atoms with Crippen LogP contribution >= 0.6 is 0 Å². The quantitative estimate of drug-likeness (QED) is 0.780. The molecular formula is C10H13N3O. The Labute approximate surface area is 82.4 Å². The fourth-order valence-electron chi connectivity index (χ4n) is 1.42. The molecule has 0 amide bonds. The van der Waals surface area contributed by atoms with Crippen molar-refractivity contribution in [2.24, 2.45) is 12.8 Å². The summed E-state index contributed by atoms with van der Waals surface area (Å²) in [5.74, 6) is 1.70. The van der Waals surface area contributed by atoms with E-state index in [0.29, 0.717) is 0 Å². The molecule has 2 N–H and O–H groups in total. The van der Waals surface area contributed by atoms with Crippen LogP contribution in [0.1, 0.15) is 23.3 Å². The van der Waals surface area contributed by atoms with Crippen molar-refractivity contribution in [2.45, 2.75) is 13.0 Å². The summed E-state index contributed by atoms with van der Waals surface area (Å²) in [6, 6.07) is 3.46. The molecule has 4 heteroatoms. The minimum Gasteiger partial charge on any atom is -0.467 e. The number of aromatic nitrogens is 2. The molecule has 0 aliphatic carbocycles. The first-order valence-corrected chi connectivity index (χ1v) is 4.47. The zero-order valence-electron chi connectivity index (χ0n) is 8.27. The van der Waals surface area contributed by atoms with Gasteiger partial charge in [-0.1, -0.05) is 0 Å². The Balaban J connectivity index is 2.36. The number of nitrogens with zero attached hydrogens (tertiary/aromatic N) is 2. The highest BCUT2D eigenvalue weighted by atomic mass is 16.3. The van der Waals surface area contributed by atoms with Crippen LogP contribution < -0.4 is 5.73 Å². The SMILES string of the molecule is Cc1ncc(C(N)c2ccco2)n1C. The third-order valence-electron chi connectivity index (χ3n) is 2.42. The lowest BCUT2D eigenvalue weighted by Gasteiger charge is -2.09. The number of nitrogens with two attached hydrogens (primary N) is 1. The third-order valence-corrected chi connectivity index (χ3v) is 2.42. The van der Waals surface area contributed by atoms with Gasteiger partial charge in [-0.2, -0.15) is 0 Å². The molecule has 0 aliphatic rings. The number of rotatable bonds is 2. The Morgan fingerprint density at radius 1 is 1.57 bits per heavy atom. The Bertz CT molecular complexity index is 417. The Kier molecular flexibility index (Phi) is 2.13. The van der Waals surface area contributed by atoms with Gasteiger partial charge in [0.15, 0.2) is 0 Å². The van der Waals surface area contributed by atoms with Crippen LogP contribution in [0.2, 0.25) is 0 Å². The molecular weight excluding hydrogens is 178 g/mol. The molecule has 0 saturated carbocycles. The third kappa shape index (κ3) is 1.33. The van der Waals surface area contributed by atoms with E-state index in [1.54, 1.807) is 12.5 Å². The second kappa shape index (κ2) is 3.31. The largest absolute Gasteiger partial charge is 0.467 e. The number of hydrogen-bond donors (Lipinski definition) is 1. The van der Waals surface area contributed by atoms with Gasteiger partial charge >= 0.3 is 0 Å². The summed E-state index contributed by atoms with van der Waals surface area (Å²) in [5, 5.41) is 0. The first kappa shape index (κ1) is 9.02. The van der Waals surface area contributed by atoms with Gasteiger partial charge in [0.25, 0.3) is 0 Å². The smallest absolute Gasteiger partial charge is 0.126 e. The minimum atomic E-state index is -0.240. The van der Waals surface area contributed by atoms with E-state index in [1.165, 1.54) is 0 Å². The van der Waals surface area contributed by atoms with Crippen LogP contribution in [0.25, 0.3) is 0 Å². The van der Waals surface area contributed by atoms with Crippen LogP contribution in [0.3, 0.4) is 0 Å². The van der Waals surface area contributed by atoms with Gasteiger partial charge in [0.2, 0.25) is 0 Å². The van der Waals surface area contributed by atoms with Gasteiger partial charge in [-0.05, 0) is 19.1 Å². The zero-order chi connectivity index (χ0) is 10.1. The van der Waals surface area contributed by atoms with E-state index < -0.39 is 0 Å². The Hall–Kier alpha value is -1.55. The molecule has 0 bridgehead atoms. The standard InChI is InChI=1S/C10H13N3O/c1-7-12-6-8(13(7)2)10(11)9-4-3-5-14-9/h3-6,10H,11H2,1-2H3. The van der Waals surface area contributed by atoms with Gasteiger partial charge in [0.1, 0.15) is 17.6 Å². The summed E-state index contributed by atoms with van der Waals surface area (Å²) < 4.78 is 7.21. The summed E-state index contributed by atoms with van der Waals surface area (Å²) in [7, 11) is 1.94. The van der Waals surface area contributed by atoms with E-state index in [-0.39, 0.29) is 6.04 Å². The van der Waals surface area contributed by atoms with E-state index in [9.17, 15) is 0 Å². The van der Waals surface area contributed by atoms with Gasteiger partial charge < -0.3 is 14.7 Å². The molecule has 0 aliphatic heterocycles. The van der Waals surface area contributed by atoms with Gasteiger partial charge in [-0.15, -0.1) is 0 Å². The van der Waals surface area contributed by atoms with E-state index >= 15 is 0 Å². The summed E-state index contributed by atoms with van der Waals surface area (Å²) in [6.45, 7) is 1.94. The Morgan fingerprint density at radius 3 is 2.86 bits per heavy atom. The number of furan rings is 1. The van der Waals surface area contributed by atoms with Crippen LogP contribution in [0, 0.1) is 6.92 Å². The Morgan fingerprint density at radius 2 is 2.36 bits per heavy atom. The van der Waals surface area contributed by atoms with Crippen molar-refractivity contribution in [2.75, 3.05) is 0 Å². The lowest BCUT2D eigenvalue weighted by molar-refractivity contribution is 0.481. The monoisotopic (exact) mass is 191 g/mol. The van der Waals surface area contributed by atoms with E-state index in [4.69, 9.17) is 10.2 Å². The van der Waals surface area contributed by atoms with Gasteiger partial charge in [0, 0.05) is 7.05 Å². The van der Waals surface area contributed by atoms with E-state index in [1.807, 2.05) is 30.7 Å². The van der Waals surface area contributed by atoms with Crippen molar-refractivity contribution in [3.63, 3.8) is 0 Å². The van der Waals surface area contributed by atoms with Crippen LogP contribution in [-0.2, 0) is 7.05 Å².